The molecule has 0 bridgehead atoms. The van der Waals surface area contributed by atoms with Gasteiger partial charge in [-0.3, -0.25) is 0 Å². The van der Waals surface area contributed by atoms with Crippen LogP contribution in [0.1, 0.15) is 32.1 Å². The maximum Gasteiger partial charge on any atom is 0.0962 e. The molecule has 84 valence electrons. The molecule has 2 atom stereocenters. The summed E-state index contributed by atoms with van der Waals surface area (Å²) >= 11 is 1.78. The lowest BCUT2D eigenvalue weighted by atomic mass is 10.0. The summed E-state index contributed by atoms with van der Waals surface area (Å²) in [6.45, 7) is 0. The van der Waals surface area contributed by atoms with Crippen molar-refractivity contribution in [2.75, 3.05) is 0 Å². The Kier molecular flexibility index (Phi) is 4.24. The molecule has 2 nitrogen and oxygen atoms in total. The number of thioether (sulfide) groups is 1. The van der Waals surface area contributed by atoms with Gasteiger partial charge in [-0.15, -0.1) is 11.8 Å². The van der Waals surface area contributed by atoms with Gasteiger partial charge in [-0.25, -0.2) is 4.98 Å². The second kappa shape index (κ2) is 5.91. The van der Waals surface area contributed by atoms with Crippen molar-refractivity contribution in [3.8, 4) is 6.07 Å². The number of hydrogen-bond donors (Lipinski definition) is 0. The van der Waals surface area contributed by atoms with E-state index < -0.39 is 0 Å². The molecule has 0 aliphatic heterocycles. The van der Waals surface area contributed by atoms with E-state index in [1.165, 1.54) is 19.3 Å². The Morgan fingerprint density at radius 1 is 1.25 bits per heavy atom. The van der Waals surface area contributed by atoms with Gasteiger partial charge in [-0.2, -0.15) is 5.26 Å². The summed E-state index contributed by atoms with van der Waals surface area (Å²) in [6.07, 6.45) is 7.76. The highest BCUT2D eigenvalue weighted by Crippen LogP contribution is 2.35. The summed E-state index contributed by atoms with van der Waals surface area (Å²) in [5.41, 5.74) is 0. The molecule has 16 heavy (non-hydrogen) atoms. The monoisotopic (exact) mass is 232 g/mol. The van der Waals surface area contributed by atoms with Gasteiger partial charge in [-0.1, -0.05) is 25.3 Å². The quantitative estimate of drug-likeness (QED) is 0.730. The molecule has 2 unspecified atom stereocenters. The molecular formula is C13H16N2S. The molecule has 3 heteroatoms. The van der Waals surface area contributed by atoms with Crippen molar-refractivity contribution >= 4 is 11.8 Å². The van der Waals surface area contributed by atoms with E-state index in [-0.39, 0.29) is 5.92 Å². The third-order valence-corrected chi connectivity index (χ3v) is 4.38. The van der Waals surface area contributed by atoms with Crippen LogP contribution < -0.4 is 0 Å². The van der Waals surface area contributed by atoms with E-state index in [2.05, 4.69) is 11.1 Å². The molecule has 1 aromatic heterocycles. The highest BCUT2D eigenvalue weighted by molar-refractivity contribution is 7.99. The van der Waals surface area contributed by atoms with Gasteiger partial charge in [0, 0.05) is 11.4 Å². The van der Waals surface area contributed by atoms with E-state index in [9.17, 15) is 5.26 Å². The van der Waals surface area contributed by atoms with Gasteiger partial charge in [0.2, 0.25) is 0 Å². The van der Waals surface area contributed by atoms with Crippen molar-refractivity contribution in [2.24, 2.45) is 5.92 Å². The predicted octanol–water partition coefficient (Wildman–Crippen LogP) is 3.65. The van der Waals surface area contributed by atoms with E-state index in [0.29, 0.717) is 5.25 Å². The molecule has 1 aliphatic carbocycles. The SMILES string of the molecule is N#CC1CCCCCC1Sc1ccccn1. The van der Waals surface area contributed by atoms with Crippen molar-refractivity contribution in [1.82, 2.24) is 4.98 Å². The second-order valence-corrected chi connectivity index (χ2v) is 5.46. The van der Waals surface area contributed by atoms with E-state index >= 15 is 0 Å². The van der Waals surface area contributed by atoms with Gasteiger partial charge >= 0.3 is 0 Å². The first-order valence-corrected chi connectivity index (χ1v) is 6.75. The summed E-state index contributed by atoms with van der Waals surface area (Å²) in [4.78, 5) is 4.33. The maximum absolute atomic E-state index is 9.18. The van der Waals surface area contributed by atoms with Crippen LogP contribution in [0.5, 0.6) is 0 Å². The zero-order valence-corrected chi connectivity index (χ0v) is 10.1. The van der Waals surface area contributed by atoms with Gasteiger partial charge in [0.1, 0.15) is 0 Å². The highest BCUT2D eigenvalue weighted by atomic mass is 32.2. The summed E-state index contributed by atoms with van der Waals surface area (Å²) in [7, 11) is 0. The summed E-state index contributed by atoms with van der Waals surface area (Å²) in [5.74, 6) is 0.203. The number of hydrogen-bond acceptors (Lipinski definition) is 3. The third-order valence-electron chi connectivity index (χ3n) is 3.03. The molecule has 1 aromatic rings. The molecule has 0 saturated heterocycles. The van der Waals surface area contributed by atoms with E-state index in [0.717, 1.165) is 17.9 Å². The van der Waals surface area contributed by atoms with Gasteiger partial charge in [0.05, 0.1) is 17.0 Å². The minimum atomic E-state index is 0.203. The average molecular weight is 232 g/mol. The zero-order chi connectivity index (χ0) is 11.2. The molecule has 0 radical (unpaired) electrons. The van der Waals surface area contributed by atoms with Crippen LogP contribution in [-0.2, 0) is 0 Å². The lowest BCUT2D eigenvalue weighted by Gasteiger charge is -2.17. The molecule has 2 rings (SSSR count). The minimum Gasteiger partial charge on any atom is -0.250 e. The fourth-order valence-corrected chi connectivity index (χ4v) is 3.37. The Labute approximate surface area is 101 Å². The number of nitrogens with zero attached hydrogens (tertiary/aromatic N) is 2. The van der Waals surface area contributed by atoms with Crippen LogP contribution in [0.3, 0.4) is 0 Å². The molecule has 1 aliphatic rings. The number of nitriles is 1. The maximum atomic E-state index is 9.18. The summed E-state index contributed by atoms with van der Waals surface area (Å²) < 4.78 is 0. The molecule has 0 spiro atoms. The number of pyridine rings is 1. The smallest absolute Gasteiger partial charge is 0.0962 e. The third kappa shape index (κ3) is 2.99. The first-order valence-electron chi connectivity index (χ1n) is 5.87. The van der Waals surface area contributed by atoms with Crippen LogP contribution in [0.4, 0.5) is 0 Å². The van der Waals surface area contributed by atoms with Crippen LogP contribution in [0, 0.1) is 17.2 Å². The fourth-order valence-electron chi connectivity index (χ4n) is 2.13. The Morgan fingerprint density at radius 2 is 2.12 bits per heavy atom. The van der Waals surface area contributed by atoms with Crippen LogP contribution in [0.2, 0.25) is 0 Å². The van der Waals surface area contributed by atoms with Gasteiger partial charge in [-0.05, 0) is 25.0 Å². The van der Waals surface area contributed by atoms with Crippen LogP contribution >= 0.6 is 11.8 Å². The van der Waals surface area contributed by atoms with Crippen molar-refractivity contribution in [3.05, 3.63) is 24.4 Å². The van der Waals surface area contributed by atoms with Crippen molar-refractivity contribution in [1.29, 1.82) is 5.26 Å². The number of aromatic nitrogens is 1. The van der Waals surface area contributed by atoms with Crippen molar-refractivity contribution in [2.45, 2.75) is 42.4 Å². The van der Waals surface area contributed by atoms with Crippen molar-refractivity contribution in [3.63, 3.8) is 0 Å². The first-order chi connectivity index (χ1) is 7.90. The summed E-state index contributed by atoms with van der Waals surface area (Å²) in [6, 6.07) is 8.43. The van der Waals surface area contributed by atoms with Gasteiger partial charge in [0.25, 0.3) is 0 Å². The van der Waals surface area contributed by atoms with E-state index in [1.807, 2.05) is 24.4 Å². The van der Waals surface area contributed by atoms with Crippen molar-refractivity contribution < 1.29 is 0 Å². The largest absolute Gasteiger partial charge is 0.250 e. The molecule has 1 heterocycles. The van der Waals surface area contributed by atoms with Crippen LogP contribution in [-0.4, -0.2) is 10.2 Å². The highest BCUT2D eigenvalue weighted by Gasteiger charge is 2.24. The predicted molar refractivity (Wildman–Crippen MR) is 66.1 cm³/mol. The lowest BCUT2D eigenvalue weighted by Crippen LogP contribution is -2.14. The Morgan fingerprint density at radius 3 is 2.88 bits per heavy atom. The number of rotatable bonds is 2. The van der Waals surface area contributed by atoms with Crippen LogP contribution in [0.15, 0.2) is 29.4 Å². The standard InChI is InChI=1S/C13H16N2S/c14-10-11-6-2-1-3-7-12(11)16-13-8-4-5-9-15-13/h4-5,8-9,11-12H,1-3,6-7H2. The fraction of sp³-hybridized carbons (Fsp3) is 0.538. The lowest BCUT2D eigenvalue weighted by molar-refractivity contribution is 0.584. The minimum absolute atomic E-state index is 0.203. The average Bonchev–Trinajstić information content (AvgIpc) is 2.55. The zero-order valence-electron chi connectivity index (χ0n) is 9.30. The second-order valence-electron chi connectivity index (χ2n) is 4.20. The summed E-state index contributed by atoms with van der Waals surface area (Å²) in [5, 5.41) is 10.7. The van der Waals surface area contributed by atoms with E-state index in [4.69, 9.17) is 0 Å². The topological polar surface area (TPSA) is 36.7 Å². The molecule has 0 N–H and O–H groups in total. The van der Waals surface area contributed by atoms with E-state index in [1.54, 1.807) is 11.8 Å². The molecule has 0 amide bonds. The van der Waals surface area contributed by atoms with Crippen LogP contribution in [0.25, 0.3) is 0 Å². The molecule has 0 aromatic carbocycles. The Hall–Kier alpha value is -1.01. The first kappa shape index (κ1) is 11.5. The normalized spacial score (nSPS) is 25.7. The van der Waals surface area contributed by atoms with Gasteiger partial charge in [0.15, 0.2) is 0 Å². The van der Waals surface area contributed by atoms with Gasteiger partial charge < -0.3 is 0 Å². The Balaban J connectivity index is 2.04. The molecular weight excluding hydrogens is 216 g/mol. The Bertz CT molecular complexity index is 358. The molecule has 1 fully saturated rings. The molecule has 1 saturated carbocycles.